The first-order chi connectivity index (χ1) is 17.0. The number of hydrogen-bond donors (Lipinski definition) is 0. The van der Waals surface area contributed by atoms with Crippen molar-refractivity contribution < 1.29 is 23.5 Å². The van der Waals surface area contributed by atoms with Crippen molar-refractivity contribution in [3.05, 3.63) is 60.2 Å². The third-order valence-corrected chi connectivity index (χ3v) is 6.77. The fraction of sp³-hybridized carbons (Fsp3) is 0.276. The van der Waals surface area contributed by atoms with E-state index in [-0.39, 0.29) is 0 Å². The Kier molecular flexibility index (Phi) is 5.89. The molecule has 0 radical (unpaired) electrons. The van der Waals surface area contributed by atoms with Crippen molar-refractivity contribution in [3.8, 4) is 45.4 Å². The van der Waals surface area contributed by atoms with Gasteiger partial charge in [0, 0.05) is 34.6 Å². The summed E-state index contributed by atoms with van der Waals surface area (Å²) in [6, 6.07) is 18.8. The molecule has 4 aromatic rings. The van der Waals surface area contributed by atoms with E-state index in [9.17, 15) is 0 Å². The van der Waals surface area contributed by atoms with Crippen LogP contribution < -0.4 is 28.4 Å². The zero-order valence-electron chi connectivity index (χ0n) is 21.1. The number of fused-ring (bicyclic) bond motifs is 4. The van der Waals surface area contributed by atoms with Gasteiger partial charge in [0.15, 0.2) is 23.0 Å². The first kappa shape index (κ1) is 22.8. The van der Waals surface area contributed by atoms with Gasteiger partial charge in [-0.2, -0.15) is 0 Å². The van der Waals surface area contributed by atoms with Crippen LogP contribution in [0.3, 0.4) is 0 Å². The Morgan fingerprint density at radius 2 is 1.46 bits per heavy atom. The Morgan fingerprint density at radius 3 is 2.09 bits per heavy atom. The second kappa shape index (κ2) is 9.02. The Bertz CT molecular complexity index is 1410. The van der Waals surface area contributed by atoms with Gasteiger partial charge in [-0.05, 0) is 23.8 Å². The molecule has 0 unspecified atom stereocenters. The lowest BCUT2D eigenvalue weighted by molar-refractivity contribution is -0.674. The first-order valence-corrected chi connectivity index (χ1v) is 11.7. The van der Waals surface area contributed by atoms with Gasteiger partial charge >= 0.3 is 0 Å². The highest BCUT2D eigenvalue weighted by Gasteiger charge is 2.32. The maximum Gasteiger partial charge on any atom is 0.284 e. The Hall–Kier alpha value is -3.93. The van der Waals surface area contributed by atoms with Gasteiger partial charge < -0.3 is 18.9 Å². The van der Waals surface area contributed by atoms with Gasteiger partial charge in [-0.3, -0.25) is 4.90 Å². The minimum absolute atomic E-state index is 0.713. The average molecular weight is 472 g/mol. The number of rotatable bonds is 6. The Labute approximate surface area is 206 Å². The van der Waals surface area contributed by atoms with E-state index in [0.29, 0.717) is 5.75 Å². The molecular formula is C29H31N2O4+. The van der Waals surface area contributed by atoms with Crippen LogP contribution in [0, 0.1) is 0 Å². The summed E-state index contributed by atoms with van der Waals surface area (Å²) in [6.45, 7) is 0.824. The van der Waals surface area contributed by atoms with Gasteiger partial charge in [0.1, 0.15) is 5.69 Å². The minimum atomic E-state index is 0.713. The van der Waals surface area contributed by atoms with Crippen LogP contribution in [-0.4, -0.2) is 42.5 Å². The summed E-state index contributed by atoms with van der Waals surface area (Å²) in [4.78, 5) is 2.18. The average Bonchev–Trinajstić information content (AvgIpc) is 2.89. The van der Waals surface area contributed by atoms with Gasteiger partial charge in [-0.15, -0.1) is 0 Å². The van der Waals surface area contributed by atoms with Crippen LogP contribution in [0.15, 0.2) is 54.6 Å². The SMILES string of the molecule is COc1ccc2c(c1OC)CC[n+]1c-2cc2c(-c3ccccc3)c(OC)c(OC)cc2c1N(C)C. The molecule has 6 nitrogen and oxygen atoms in total. The maximum atomic E-state index is 5.93. The topological polar surface area (TPSA) is 44.0 Å². The molecule has 0 aliphatic carbocycles. The van der Waals surface area contributed by atoms with E-state index in [2.05, 4.69) is 53.9 Å². The molecular weight excluding hydrogens is 440 g/mol. The van der Waals surface area contributed by atoms with E-state index in [1.807, 2.05) is 24.3 Å². The summed E-state index contributed by atoms with van der Waals surface area (Å²) in [5.41, 5.74) is 5.53. The maximum absolute atomic E-state index is 5.93. The van der Waals surface area contributed by atoms with E-state index < -0.39 is 0 Å². The first-order valence-electron chi connectivity index (χ1n) is 11.7. The molecule has 180 valence electrons. The van der Waals surface area contributed by atoms with Crippen LogP contribution in [0.5, 0.6) is 23.0 Å². The number of nitrogens with zero attached hydrogens (tertiary/aromatic N) is 2. The summed E-state index contributed by atoms with van der Waals surface area (Å²) >= 11 is 0. The lowest BCUT2D eigenvalue weighted by atomic mass is 9.91. The number of hydrogen-bond acceptors (Lipinski definition) is 5. The standard InChI is InChI=1S/C29H31N2O4/c1-30(2)29-22-17-25(33-4)28(35-6)26(18-10-8-7-9-11-18)21(22)16-23-19-12-13-24(32-3)27(34-5)20(19)14-15-31(23)29/h7-13,16-17H,14-15H2,1-6H3/q+1. The zero-order chi connectivity index (χ0) is 24.7. The van der Waals surface area contributed by atoms with Crippen molar-refractivity contribution in [2.75, 3.05) is 47.4 Å². The molecule has 1 aliphatic rings. The van der Waals surface area contributed by atoms with Crippen LogP contribution in [0.2, 0.25) is 0 Å². The molecule has 0 atom stereocenters. The van der Waals surface area contributed by atoms with E-state index in [1.165, 1.54) is 0 Å². The molecule has 2 heterocycles. The molecule has 0 fully saturated rings. The van der Waals surface area contributed by atoms with Crippen molar-refractivity contribution in [2.45, 2.75) is 13.0 Å². The molecule has 1 aromatic heterocycles. The summed E-state index contributed by atoms with van der Waals surface area (Å²) in [7, 11) is 10.9. The molecule has 0 saturated carbocycles. The molecule has 0 saturated heterocycles. The number of benzene rings is 3. The summed E-state index contributed by atoms with van der Waals surface area (Å²) in [5.74, 6) is 4.12. The van der Waals surface area contributed by atoms with Crippen molar-refractivity contribution in [2.24, 2.45) is 0 Å². The van der Waals surface area contributed by atoms with Crippen LogP contribution in [0.4, 0.5) is 5.82 Å². The monoisotopic (exact) mass is 471 g/mol. The van der Waals surface area contributed by atoms with Crippen LogP contribution >= 0.6 is 0 Å². The highest BCUT2D eigenvalue weighted by Crippen LogP contribution is 2.48. The smallest absolute Gasteiger partial charge is 0.284 e. The second-order valence-electron chi connectivity index (χ2n) is 8.79. The summed E-state index contributed by atoms with van der Waals surface area (Å²) < 4.78 is 25.5. The van der Waals surface area contributed by atoms with Crippen molar-refractivity contribution in [1.29, 1.82) is 0 Å². The van der Waals surface area contributed by atoms with Crippen LogP contribution in [-0.2, 0) is 13.0 Å². The van der Waals surface area contributed by atoms with Gasteiger partial charge in [-0.25, -0.2) is 4.57 Å². The second-order valence-corrected chi connectivity index (χ2v) is 8.79. The number of aromatic nitrogens is 1. The van der Waals surface area contributed by atoms with E-state index in [4.69, 9.17) is 18.9 Å². The predicted octanol–water partition coefficient (Wildman–Crippen LogP) is 5.12. The fourth-order valence-corrected chi connectivity index (χ4v) is 5.34. The molecule has 0 spiro atoms. The molecule has 6 heteroatoms. The molecule has 0 bridgehead atoms. The third-order valence-electron chi connectivity index (χ3n) is 6.77. The molecule has 0 N–H and O–H groups in total. The minimum Gasteiger partial charge on any atom is -0.493 e. The highest BCUT2D eigenvalue weighted by atomic mass is 16.5. The number of ether oxygens (including phenoxy) is 4. The van der Waals surface area contributed by atoms with Crippen molar-refractivity contribution >= 4 is 16.6 Å². The zero-order valence-corrected chi connectivity index (χ0v) is 21.1. The lowest BCUT2D eigenvalue weighted by Crippen LogP contribution is -2.45. The molecule has 1 aliphatic heterocycles. The van der Waals surface area contributed by atoms with Gasteiger partial charge in [0.2, 0.25) is 0 Å². The molecule has 5 rings (SSSR count). The van der Waals surface area contributed by atoms with E-state index >= 15 is 0 Å². The van der Waals surface area contributed by atoms with Gasteiger partial charge in [-0.1, -0.05) is 30.3 Å². The highest BCUT2D eigenvalue weighted by molar-refractivity contribution is 6.06. The normalized spacial score (nSPS) is 12.1. The summed E-state index contributed by atoms with van der Waals surface area (Å²) in [5, 5.41) is 2.21. The van der Waals surface area contributed by atoms with Crippen molar-refractivity contribution in [1.82, 2.24) is 0 Å². The number of pyridine rings is 1. The molecule has 35 heavy (non-hydrogen) atoms. The van der Waals surface area contributed by atoms with Crippen molar-refractivity contribution in [3.63, 3.8) is 0 Å². The fourth-order valence-electron chi connectivity index (χ4n) is 5.34. The van der Waals surface area contributed by atoms with Crippen LogP contribution in [0.25, 0.3) is 33.2 Å². The number of methoxy groups -OCH3 is 4. The molecule has 3 aromatic carbocycles. The quantitative estimate of drug-likeness (QED) is 0.365. The summed E-state index contributed by atoms with van der Waals surface area (Å²) in [6.07, 6.45) is 0.846. The Balaban J connectivity index is 1.94. The van der Waals surface area contributed by atoms with E-state index in [0.717, 1.165) is 74.8 Å². The van der Waals surface area contributed by atoms with Gasteiger partial charge in [0.25, 0.3) is 5.82 Å². The predicted molar refractivity (Wildman–Crippen MR) is 139 cm³/mol. The Morgan fingerprint density at radius 1 is 0.743 bits per heavy atom. The third kappa shape index (κ3) is 3.52. The largest absolute Gasteiger partial charge is 0.493 e. The van der Waals surface area contributed by atoms with E-state index in [1.54, 1.807) is 28.4 Å². The van der Waals surface area contributed by atoms with Crippen LogP contribution in [0.1, 0.15) is 5.56 Å². The lowest BCUT2D eigenvalue weighted by Gasteiger charge is -2.26. The van der Waals surface area contributed by atoms with Gasteiger partial charge in [0.05, 0.1) is 54.5 Å². The molecule has 0 amide bonds. The number of anilines is 1.